The van der Waals surface area contributed by atoms with Gasteiger partial charge in [0.15, 0.2) is 17.3 Å². The molecule has 0 saturated carbocycles. The van der Waals surface area contributed by atoms with Gasteiger partial charge in [0.25, 0.3) is 0 Å². The third kappa shape index (κ3) is 3.26. The summed E-state index contributed by atoms with van der Waals surface area (Å²) in [6, 6.07) is 3.23. The highest BCUT2D eigenvalue weighted by Gasteiger charge is 2.28. The third-order valence-corrected chi connectivity index (χ3v) is 4.53. The predicted molar refractivity (Wildman–Crippen MR) is 108 cm³/mol. The van der Waals surface area contributed by atoms with Gasteiger partial charge in [-0.3, -0.25) is 4.79 Å². The number of fused-ring (bicyclic) bond motifs is 2. The molecule has 1 aliphatic rings. The molecule has 0 aliphatic carbocycles. The third-order valence-electron chi connectivity index (χ3n) is 4.53. The highest BCUT2D eigenvalue weighted by Crippen LogP contribution is 2.44. The van der Waals surface area contributed by atoms with Crippen molar-refractivity contribution >= 4 is 22.3 Å². The number of unbranched alkanes of at least 4 members (excludes halogenated alkanes) is 1. The van der Waals surface area contributed by atoms with Crippen molar-refractivity contribution < 1.29 is 23.7 Å². The monoisotopic (exact) mass is 402 g/mol. The van der Waals surface area contributed by atoms with Gasteiger partial charge in [0, 0.05) is 18.3 Å². The van der Waals surface area contributed by atoms with Gasteiger partial charge >= 0.3 is 0 Å². The molecule has 29 heavy (non-hydrogen) atoms. The van der Waals surface area contributed by atoms with Crippen molar-refractivity contribution in [2.24, 2.45) is 0 Å². The molecule has 0 saturated heterocycles. The summed E-state index contributed by atoms with van der Waals surface area (Å²) in [4.78, 5) is 12.5. The Morgan fingerprint density at radius 1 is 1.24 bits per heavy atom. The fraction of sp³-hybridized carbons (Fsp3) is 0.190. The maximum Gasteiger partial charge on any atom is 0.203 e. The lowest BCUT2D eigenvalue weighted by molar-refractivity contribution is 0.411. The van der Waals surface area contributed by atoms with Crippen molar-refractivity contribution in [3.05, 3.63) is 58.4 Å². The number of pyridine rings is 1. The molecule has 0 bridgehead atoms. The molecule has 4 N–H and O–H groups in total. The number of hydrogen-bond acceptors (Lipinski definition) is 5. The van der Waals surface area contributed by atoms with E-state index in [1.807, 2.05) is 0 Å². The minimum atomic E-state index is -1.28. The van der Waals surface area contributed by atoms with E-state index in [0.29, 0.717) is 0 Å². The summed E-state index contributed by atoms with van der Waals surface area (Å²) in [6.45, 7) is 7.67. The standard InChI is InChI=1S/C17H10F2N2O4.C4H10/c1-6(22)8-5-21-11-4-12(23)10(20)3-13(11)25-17-14(19)9(18)2-7(15(17)21)16(8)24;1-3-4-2/h2-5,22-23H,1,20H2;3-4H2,1-2H3. The Kier molecular flexibility index (Phi) is 5.19. The summed E-state index contributed by atoms with van der Waals surface area (Å²) in [5.74, 6) is -3.78. The normalized spacial score (nSPS) is 11.3. The number of nitrogens with zero attached hydrogens (tertiary/aromatic N) is 1. The number of rotatable bonds is 2. The summed E-state index contributed by atoms with van der Waals surface area (Å²) in [5, 5.41) is 19.3. The smallest absolute Gasteiger partial charge is 0.203 e. The Bertz CT molecular complexity index is 1200. The topological polar surface area (TPSA) is 97.7 Å². The van der Waals surface area contributed by atoms with Crippen molar-refractivity contribution in [3.8, 4) is 22.9 Å². The lowest BCUT2D eigenvalue weighted by atomic mass is 10.1. The average molecular weight is 402 g/mol. The lowest BCUT2D eigenvalue weighted by Gasteiger charge is -2.24. The van der Waals surface area contributed by atoms with Crippen LogP contribution in [-0.2, 0) is 0 Å². The second-order valence-electron chi connectivity index (χ2n) is 6.57. The van der Waals surface area contributed by atoms with E-state index < -0.39 is 28.6 Å². The zero-order valence-corrected chi connectivity index (χ0v) is 15.9. The molecule has 4 rings (SSSR count). The van der Waals surface area contributed by atoms with Crippen LogP contribution >= 0.6 is 0 Å². The maximum atomic E-state index is 14.2. The first-order valence-corrected chi connectivity index (χ1v) is 8.97. The maximum absolute atomic E-state index is 14.2. The Morgan fingerprint density at radius 3 is 2.48 bits per heavy atom. The van der Waals surface area contributed by atoms with Crippen LogP contribution in [0.1, 0.15) is 32.3 Å². The zero-order valence-electron chi connectivity index (χ0n) is 15.9. The van der Waals surface area contributed by atoms with Crippen LogP contribution in [0, 0.1) is 11.6 Å². The van der Waals surface area contributed by atoms with Crippen molar-refractivity contribution in [1.29, 1.82) is 0 Å². The van der Waals surface area contributed by atoms with Crippen LogP contribution in [0.3, 0.4) is 0 Å². The van der Waals surface area contributed by atoms with Gasteiger partial charge in [0.1, 0.15) is 17.0 Å². The molecule has 3 aromatic rings. The molecule has 0 spiro atoms. The highest BCUT2D eigenvalue weighted by atomic mass is 19.2. The number of ether oxygens (including phenoxy) is 1. The molecule has 0 fully saturated rings. The molecule has 1 aromatic heterocycles. The number of nitrogen functional groups attached to an aromatic ring is 1. The van der Waals surface area contributed by atoms with Crippen molar-refractivity contribution in [1.82, 2.24) is 4.57 Å². The molecular formula is C21H20F2N2O4. The first-order chi connectivity index (χ1) is 13.7. The summed E-state index contributed by atoms with van der Waals surface area (Å²) in [5.41, 5.74) is 4.86. The van der Waals surface area contributed by atoms with Gasteiger partial charge in [-0.05, 0) is 6.07 Å². The van der Waals surface area contributed by atoms with E-state index in [1.54, 1.807) is 0 Å². The van der Waals surface area contributed by atoms with Crippen LogP contribution in [0.25, 0.3) is 22.3 Å². The second kappa shape index (κ2) is 7.46. The fourth-order valence-corrected chi connectivity index (χ4v) is 2.84. The van der Waals surface area contributed by atoms with E-state index in [1.165, 1.54) is 35.7 Å². The quantitative estimate of drug-likeness (QED) is 0.249. The van der Waals surface area contributed by atoms with Gasteiger partial charge in [-0.1, -0.05) is 33.3 Å². The number of phenolic OH excluding ortho intramolecular Hbond substituents is 1. The molecule has 1 aliphatic heterocycles. The number of benzene rings is 2. The zero-order chi connectivity index (χ0) is 21.5. The Labute approximate surface area is 165 Å². The Hall–Kier alpha value is -3.55. The summed E-state index contributed by atoms with van der Waals surface area (Å²) < 4.78 is 34.9. The molecule has 2 heterocycles. The van der Waals surface area contributed by atoms with Crippen LogP contribution in [0.15, 0.2) is 35.8 Å². The Balaban J connectivity index is 0.000000552. The SMILES string of the molecule is C=C(O)c1cn2c3c(c(F)c(F)cc3c1=O)Oc1cc(N)c(O)cc1-2.CCCC. The van der Waals surface area contributed by atoms with Crippen LogP contribution in [0.5, 0.6) is 17.2 Å². The molecular weight excluding hydrogens is 382 g/mol. The lowest BCUT2D eigenvalue weighted by Crippen LogP contribution is -2.18. The van der Waals surface area contributed by atoms with E-state index in [0.717, 1.165) is 6.07 Å². The average Bonchev–Trinajstić information content (AvgIpc) is 2.68. The van der Waals surface area contributed by atoms with Crippen molar-refractivity contribution in [2.75, 3.05) is 5.73 Å². The minimum absolute atomic E-state index is 0.0249. The van der Waals surface area contributed by atoms with Crippen LogP contribution in [-0.4, -0.2) is 14.8 Å². The van der Waals surface area contributed by atoms with E-state index in [9.17, 15) is 23.8 Å². The number of halogens is 2. The number of aromatic hydroxyl groups is 1. The number of aromatic nitrogens is 1. The van der Waals surface area contributed by atoms with Gasteiger partial charge in [-0.15, -0.1) is 0 Å². The second-order valence-corrected chi connectivity index (χ2v) is 6.57. The number of anilines is 1. The number of nitrogens with two attached hydrogens (primary N) is 1. The molecule has 0 radical (unpaired) electrons. The van der Waals surface area contributed by atoms with Crippen molar-refractivity contribution in [3.63, 3.8) is 0 Å². The predicted octanol–water partition coefficient (Wildman–Crippen LogP) is 5.00. The molecule has 2 aromatic carbocycles. The number of hydrogen-bond donors (Lipinski definition) is 3. The number of aliphatic hydroxyl groups is 1. The number of aliphatic hydroxyl groups excluding tert-OH is 1. The largest absolute Gasteiger partial charge is 0.508 e. The molecule has 152 valence electrons. The van der Waals surface area contributed by atoms with E-state index in [2.05, 4.69) is 20.4 Å². The van der Waals surface area contributed by atoms with E-state index in [-0.39, 0.29) is 39.3 Å². The van der Waals surface area contributed by atoms with Gasteiger partial charge in [0.2, 0.25) is 11.2 Å². The van der Waals surface area contributed by atoms with E-state index >= 15 is 0 Å². The molecule has 6 nitrogen and oxygen atoms in total. The van der Waals surface area contributed by atoms with Crippen LogP contribution < -0.4 is 15.9 Å². The summed E-state index contributed by atoms with van der Waals surface area (Å²) in [7, 11) is 0. The van der Waals surface area contributed by atoms with Gasteiger partial charge < -0.3 is 25.3 Å². The molecule has 0 atom stereocenters. The molecule has 8 heteroatoms. The van der Waals surface area contributed by atoms with Gasteiger partial charge in [-0.25, -0.2) is 4.39 Å². The van der Waals surface area contributed by atoms with Gasteiger partial charge in [-0.2, -0.15) is 4.39 Å². The van der Waals surface area contributed by atoms with Crippen molar-refractivity contribution in [2.45, 2.75) is 26.7 Å². The van der Waals surface area contributed by atoms with E-state index in [4.69, 9.17) is 10.5 Å². The van der Waals surface area contributed by atoms with Crippen LogP contribution in [0.4, 0.5) is 14.5 Å². The highest BCUT2D eigenvalue weighted by molar-refractivity contribution is 5.91. The minimum Gasteiger partial charge on any atom is -0.508 e. The fourth-order valence-electron chi connectivity index (χ4n) is 2.84. The van der Waals surface area contributed by atoms with Gasteiger partial charge in [0.05, 0.1) is 22.3 Å². The number of phenols is 1. The first kappa shape index (κ1) is 20.2. The van der Waals surface area contributed by atoms with Crippen LogP contribution in [0.2, 0.25) is 0 Å². The molecule has 0 unspecified atom stereocenters. The Morgan fingerprint density at radius 2 is 1.90 bits per heavy atom. The first-order valence-electron chi connectivity index (χ1n) is 8.97. The summed E-state index contributed by atoms with van der Waals surface area (Å²) in [6.07, 6.45) is 3.85. The summed E-state index contributed by atoms with van der Waals surface area (Å²) >= 11 is 0. The molecule has 0 amide bonds.